The van der Waals surface area contributed by atoms with Crippen molar-refractivity contribution in [3.8, 4) is 0 Å². The van der Waals surface area contributed by atoms with Crippen molar-refractivity contribution in [3.05, 3.63) is 0 Å². The second kappa shape index (κ2) is 3.97. The zero-order valence-corrected chi connectivity index (χ0v) is 12.6. The number of rotatable bonds is 2. The monoisotopic (exact) mass is 267 g/mol. The van der Waals surface area contributed by atoms with Crippen LogP contribution in [0.2, 0.25) is 0 Å². The molecule has 1 unspecified atom stereocenters. The van der Waals surface area contributed by atoms with Gasteiger partial charge in [0.1, 0.15) is 0 Å². The first-order chi connectivity index (χ1) is 8.54. The van der Waals surface area contributed by atoms with Gasteiger partial charge in [-0.25, -0.2) is 0 Å². The molecular formula is C15H25NO3. The van der Waals surface area contributed by atoms with Gasteiger partial charge in [-0.05, 0) is 30.6 Å². The van der Waals surface area contributed by atoms with Crippen LogP contribution in [0, 0.1) is 22.2 Å². The quantitative estimate of drug-likeness (QED) is 0.835. The third-order valence-corrected chi connectivity index (χ3v) is 5.79. The van der Waals surface area contributed by atoms with Crippen molar-refractivity contribution in [1.29, 1.82) is 0 Å². The minimum atomic E-state index is -0.792. The van der Waals surface area contributed by atoms with Gasteiger partial charge in [0.2, 0.25) is 5.91 Å². The summed E-state index contributed by atoms with van der Waals surface area (Å²) in [6.45, 7) is 11.3. The van der Waals surface area contributed by atoms with Crippen molar-refractivity contribution < 1.29 is 14.7 Å². The lowest BCUT2D eigenvalue weighted by molar-refractivity contribution is -0.154. The summed E-state index contributed by atoms with van der Waals surface area (Å²) >= 11 is 0. The molecule has 1 saturated carbocycles. The van der Waals surface area contributed by atoms with Crippen molar-refractivity contribution in [3.63, 3.8) is 0 Å². The number of carbonyl (C=O) groups excluding carboxylic acids is 1. The van der Waals surface area contributed by atoms with Crippen molar-refractivity contribution in [2.45, 2.75) is 47.5 Å². The van der Waals surface area contributed by atoms with Crippen LogP contribution >= 0.6 is 0 Å². The smallest absolute Gasteiger partial charge is 0.311 e. The Labute approximate surface area is 115 Å². The average molecular weight is 267 g/mol. The normalized spacial score (nSPS) is 33.0. The Kier molecular flexibility index (Phi) is 3.00. The molecular weight excluding hydrogens is 242 g/mol. The lowest BCUT2D eigenvalue weighted by Crippen LogP contribution is -2.49. The van der Waals surface area contributed by atoms with E-state index in [1.54, 1.807) is 11.8 Å². The van der Waals surface area contributed by atoms with E-state index >= 15 is 0 Å². The predicted molar refractivity (Wildman–Crippen MR) is 72.6 cm³/mol. The largest absolute Gasteiger partial charge is 0.481 e. The summed E-state index contributed by atoms with van der Waals surface area (Å²) in [5.74, 6) is -0.627. The second-order valence-corrected chi connectivity index (χ2v) is 7.61. The van der Waals surface area contributed by atoms with Crippen LogP contribution in [0.5, 0.6) is 0 Å². The third-order valence-electron chi connectivity index (χ3n) is 5.79. The minimum absolute atomic E-state index is 0.0150. The van der Waals surface area contributed by atoms with Gasteiger partial charge in [-0.1, -0.05) is 27.7 Å². The maximum Gasteiger partial charge on any atom is 0.311 e. The van der Waals surface area contributed by atoms with E-state index in [-0.39, 0.29) is 22.7 Å². The Hall–Kier alpha value is -1.06. The highest BCUT2D eigenvalue weighted by atomic mass is 16.4. The summed E-state index contributed by atoms with van der Waals surface area (Å²) in [6, 6.07) is 0. The molecule has 2 aliphatic rings. The summed E-state index contributed by atoms with van der Waals surface area (Å²) in [4.78, 5) is 25.8. The average Bonchev–Trinajstić information content (AvgIpc) is 2.68. The van der Waals surface area contributed by atoms with Crippen LogP contribution in [0.15, 0.2) is 0 Å². The Morgan fingerprint density at radius 3 is 2.05 bits per heavy atom. The molecule has 0 aromatic heterocycles. The summed E-state index contributed by atoms with van der Waals surface area (Å²) in [5.41, 5.74) is -0.751. The molecule has 1 heterocycles. The van der Waals surface area contributed by atoms with E-state index in [1.165, 1.54) is 0 Å². The molecule has 4 nitrogen and oxygen atoms in total. The first kappa shape index (κ1) is 14.4. The van der Waals surface area contributed by atoms with Crippen LogP contribution in [-0.2, 0) is 9.59 Å². The van der Waals surface area contributed by atoms with Gasteiger partial charge >= 0.3 is 5.97 Å². The molecule has 4 heteroatoms. The number of hydrogen-bond donors (Lipinski definition) is 1. The van der Waals surface area contributed by atoms with Crippen LogP contribution < -0.4 is 0 Å². The van der Waals surface area contributed by atoms with Gasteiger partial charge < -0.3 is 10.0 Å². The van der Waals surface area contributed by atoms with Crippen molar-refractivity contribution >= 4 is 11.9 Å². The zero-order chi connectivity index (χ0) is 14.6. The molecule has 1 saturated heterocycles. The lowest BCUT2D eigenvalue weighted by atomic mass is 9.82. The maximum atomic E-state index is 12.6. The Morgan fingerprint density at radius 1 is 1.11 bits per heavy atom. The second-order valence-electron chi connectivity index (χ2n) is 7.61. The van der Waals surface area contributed by atoms with Crippen molar-refractivity contribution in [1.82, 2.24) is 4.90 Å². The van der Waals surface area contributed by atoms with Crippen molar-refractivity contribution in [2.24, 2.45) is 22.2 Å². The first-order valence-corrected chi connectivity index (χ1v) is 7.06. The summed E-state index contributed by atoms with van der Waals surface area (Å²) in [7, 11) is 0. The van der Waals surface area contributed by atoms with Gasteiger partial charge in [-0.15, -0.1) is 0 Å². The van der Waals surface area contributed by atoms with Crippen LogP contribution in [0.3, 0.4) is 0 Å². The van der Waals surface area contributed by atoms with E-state index in [1.807, 2.05) is 0 Å². The minimum Gasteiger partial charge on any atom is -0.481 e. The highest BCUT2D eigenvalue weighted by molar-refractivity contribution is 5.85. The molecule has 108 valence electrons. The summed E-state index contributed by atoms with van der Waals surface area (Å²) in [6.07, 6.45) is 1.44. The molecule has 0 radical (unpaired) electrons. The molecule has 1 amide bonds. The van der Waals surface area contributed by atoms with Crippen LogP contribution in [0.1, 0.15) is 47.5 Å². The zero-order valence-electron chi connectivity index (χ0n) is 12.6. The summed E-state index contributed by atoms with van der Waals surface area (Å²) < 4.78 is 0. The van der Waals surface area contributed by atoms with Crippen LogP contribution in [-0.4, -0.2) is 35.0 Å². The van der Waals surface area contributed by atoms with E-state index < -0.39 is 11.4 Å². The number of hydrogen-bond acceptors (Lipinski definition) is 2. The van der Waals surface area contributed by atoms with E-state index in [0.717, 1.165) is 6.42 Å². The predicted octanol–water partition coefficient (Wildman–Crippen LogP) is 2.38. The molecule has 0 aromatic rings. The standard InChI is InChI=1S/C15H25NO3/c1-13(2)10(14(13,3)4)11(17)16-8-6-7-15(5,9-16)12(18)19/h10H,6-9H2,1-5H3,(H,18,19). The third kappa shape index (κ3) is 1.96. The molecule has 19 heavy (non-hydrogen) atoms. The lowest BCUT2D eigenvalue weighted by Gasteiger charge is -2.38. The topological polar surface area (TPSA) is 57.6 Å². The number of carboxylic acids is 1. The number of carbonyl (C=O) groups is 2. The van der Waals surface area contributed by atoms with Crippen LogP contribution in [0.25, 0.3) is 0 Å². The van der Waals surface area contributed by atoms with Gasteiger partial charge in [0.25, 0.3) is 0 Å². The molecule has 1 atom stereocenters. The number of likely N-dealkylation sites (tertiary alicyclic amines) is 1. The highest BCUT2D eigenvalue weighted by Gasteiger charge is 2.69. The maximum absolute atomic E-state index is 12.6. The fraction of sp³-hybridized carbons (Fsp3) is 0.867. The number of nitrogens with zero attached hydrogens (tertiary/aromatic N) is 1. The van der Waals surface area contributed by atoms with Gasteiger partial charge in [0.15, 0.2) is 0 Å². The molecule has 2 rings (SSSR count). The molecule has 1 N–H and O–H groups in total. The highest BCUT2D eigenvalue weighted by Crippen LogP contribution is 2.68. The number of piperidine rings is 1. The molecule has 1 aliphatic heterocycles. The van der Waals surface area contributed by atoms with Gasteiger partial charge in [0, 0.05) is 19.0 Å². The fourth-order valence-corrected chi connectivity index (χ4v) is 3.60. The Bertz CT molecular complexity index is 413. The fourth-order valence-electron chi connectivity index (χ4n) is 3.60. The van der Waals surface area contributed by atoms with E-state index in [4.69, 9.17) is 0 Å². The van der Waals surface area contributed by atoms with E-state index in [0.29, 0.717) is 19.5 Å². The SMILES string of the molecule is CC1(C(=O)O)CCCN(C(=O)C2C(C)(C)C2(C)C)C1. The van der Waals surface area contributed by atoms with Crippen molar-refractivity contribution in [2.75, 3.05) is 13.1 Å². The van der Waals surface area contributed by atoms with Crippen LogP contribution in [0.4, 0.5) is 0 Å². The molecule has 0 bridgehead atoms. The molecule has 1 aliphatic carbocycles. The van der Waals surface area contributed by atoms with Gasteiger partial charge in [0.05, 0.1) is 5.41 Å². The Morgan fingerprint density at radius 2 is 1.63 bits per heavy atom. The Balaban J connectivity index is 2.12. The first-order valence-electron chi connectivity index (χ1n) is 7.06. The van der Waals surface area contributed by atoms with Gasteiger partial charge in [-0.2, -0.15) is 0 Å². The van der Waals surface area contributed by atoms with E-state index in [2.05, 4.69) is 27.7 Å². The number of amides is 1. The number of aliphatic carboxylic acids is 1. The molecule has 0 spiro atoms. The van der Waals surface area contributed by atoms with Gasteiger partial charge in [-0.3, -0.25) is 9.59 Å². The van der Waals surface area contributed by atoms with E-state index in [9.17, 15) is 14.7 Å². The molecule has 2 fully saturated rings. The number of carboxylic acid groups (broad SMARTS) is 1. The molecule has 0 aromatic carbocycles. The summed E-state index contributed by atoms with van der Waals surface area (Å²) in [5, 5.41) is 9.32.